The number of anilines is 1. The largest absolute Gasteiger partial charge is 0.366 e. The molecule has 4 rings (SSSR count). The number of pyridine rings is 2. The predicted molar refractivity (Wildman–Crippen MR) is 100 cm³/mol. The van der Waals surface area contributed by atoms with Gasteiger partial charge in [-0.05, 0) is 44.5 Å². The Morgan fingerprint density at radius 2 is 2.19 bits per heavy atom. The fraction of sp³-hybridized carbons (Fsp3) is 0.368. The van der Waals surface area contributed by atoms with Crippen LogP contribution in [0.5, 0.6) is 0 Å². The number of likely N-dealkylation sites (tertiary alicyclic amines) is 1. The SMILES string of the molecule is CC(C)Nc1n[nH]c2nc([C@@H]3CCN(C(=O)c4ccccn4)C3)ccc12. The Morgan fingerprint density at radius 1 is 1.31 bits per heavy atom. The van der Waals surface area contributed by atoms with E-state index in [9.17, 15) is 4.79 Å². The Hall–Kier alpha value is -2.96. The molecular weight excluding hydrogens is 328 g/mol. The average molecular weight is 350 g/mol. The lowest BCUT2D eigenvalue weighted by molar-refractivity contribution is 0.0785. The van der Waals surface area contributed by atoms with Gasteiger partial charge in [0, 0.05) is 36.9 Å². The van der Waals surface area contributed by atoms with E-state index in [-0.39, 0.29) is 11.8 Å². The van der Waals surface area contributed by atoms with Gasteiger partial charge in [0.25, 0.3) is 5.91 Å². The molecular formula is C19H22N6O. The van der Waals surface area contributed by atoms with Gasteiger partial charge in [-0.25, -0.2) is 4.98 Å². The zero-order chi connectivity index (χ0) is 18.1. The van der Waals surface area contributed by atoms with Crippen molar-refractivity contribution < 1.29 is 4.79 Å². The zero-order valence-electron chi connectivity index (χ0n) is 14.9. The highest BCUT2D eigenvalue weighted by atomic mass is 16.2. The highest BCUT2D eigenvalue weighted by Gasteiger charge is 2.29. The van der Waals surface area contributed by atoms with Gasteiger partial charge in [0.05, 0.1) is 5.39 Å². The molecule has 0 aromatic carbocycles. The minimum atomic E-state index is -0.0147. The fourth-order valence-corrected chi connectivity index (χ4v) is 3.37. The summed E-state index contributed by atoms with van der Waals surface area (Å²) in [5.41, 5.74) is 2.27. The summed E-state index contributed by atoms with van der Waals surface area (Å²) in [7, 11) is 0. The third-order valence-electron chi connectivity index (χ3n) is 4.65. The molecule has 26 heavy (non-hydrogen) atoms. The highest BCUT2D eigenvalue weighted by molar-refractivity contribution is 5.92. The predicted octanol–water partition coefficient (Wildman–Crippen LogP) is 2.80. The average Bonchev–Trinajstić information content (AvgIpc) is 3.29. The monoisotopic (exact) mass is 350 g/mol. The van der Waals surface area contributed by atoms with Crippen molar-refractivity contribution in [3.05, 3.63) is 47.9 Å². The second kappa shape index (κ2) is 6.74. The normalized spacial score (nSPS) is 17.2. The van der Waals surface area contributed by atoms with E-state index in [0.29, 0.717) is 18.3 Å². The first-order valence-corrected chi connectivity index (χ1v) is 8.93. The van der Waals surface area contributed by atoms with E-state index in [2.05, 4.69) is 40.4 Å². The van der Waals surface area contributed by atoms with Crippen molar-refractivity contribution in [3.8, 4) is 0 Å². The summed E-state index contributed by atoms with van der Waals surface area (Å²) >= 11 is 0. The van der Waals surface area contributed by atoms with Crippen LogP contribution >= 0.6 is 0 Å². The third kappa shape index (κ3) is 3.12. The molecule has 3 aromatic rings. The third-order valence-corrected chi connectivity index (χ3v) is 4.65. The van der Waals surface area contributed by atoms with Crippen molar-refractivity contribution in [1.29, 1.82) is 0 Å². The van der Waals surface area contributed by atoms with Gasteiger partial charge in [-0.1, -0.05) is 6.07 Å². The summed E-state index contributed by atoms with van der Waals surface area (Å²) in [6.45, 7) is 5.55. The van der Waals surface area contributed by atoms with Crippen molar-refractivity contribution in [2.24, 2.45) is 0 Å². The van der Waals surface area contributed by atoms with Gasteiger partial charge in [-0.3, -0.25) is 14.9 Å². The molecule has 0 saturated carbocycles. The Kier molecular flexibility index (Phi) is 4.28. The summed E-state index contributed by atoms with van der Waals surface area (Å²) in [6.07, 6.45) is 2.56. The number of carbonyl (C=O) groups excluding carboxylic acids is 1. The number of amides is 1. The molecule has 1 saturated heterocycles. The van der Waals surface area contributed by atoms with Gasteiger partial charge in [-0.15, -0.1) is 0 Å². The lowest BCUT2D eigenvalue weighted by Crippen LogP contribution is -2.29. The molecule has 1 atom stereocenters. The van der Waals surface area contributed by atoms with Gasteiger partial charge in [0.1, 0.15) is 5.69 Å². The van der Waals surface area contributed by atoms with Crippen LogP contribution in [0.1, 0.15) is 42.4 Å². The molecule has 1 aliphatic rings. The number of carbonyl (C=O) groups is 1. The van der Waals surface area contributed by atoms with Crippen LogP contribution in [-0.2, 0) is 0 Å². The number of H-pyrrole nitrogens is 1. The molecule has 4 heterocycles. The smallest absolute Gasteiger partial charge is 0.272 e. The molecule has 2 N–H and O–H groups in total. The maximum absolute atomic E-state index is 12.6. The van der Waals surface area contributed by atoms with Gasteiger partial charge < -0.3 is 10.2 Å². The number of nitrogens with one attached hydrogen (secondary N) is 2. The van der Waals surface area contributed by atoms with Crippen molar-refractivity contribution in [2.75, 3.05) is 18.4 Å². The molecule has 1 amide bonds. The van der Waals surface area contributed by atoms with Crippen molar-refractivity contribution in [1.82, 2.24) is 25.1 Å². The molecule has 0 bridgehead atoms. The van der Waals surface area contributed by atoms with Gasteiger partial charge in [-0.2, -0.15) is 5.10 Å². The molecule has 7 nitrogen and oxygen atoms in total. The van der Waals surface area contributed by atoms with E-state index in [1.54, 1.807) is 12.3 Å². The molecule has 134 valence electrons. The second-order valence-corrected chi connectivity index (χ2v) is 6.96. The molecule has 7 heteroatoms. The van der Waals surface area contributed by atoms with Crippen LogP contribution in [0.15, 0.2) is 36.5 Å². The highest BCUT2D eigenvalue weighted by Crippen LogP contribution is 2.29. The van der Waals surface area contributed by atoms with Gasteiger partial charge in [0.2, 0.25) is 0 Å². The summed E-state index contributed by atoms with van der Waals surface area (Å²) in [4.78, 5) is 23.3. The number of fused-ring (bicyclic) bond motifs is 1. The minimum absolute atomic E-state index is 0.0147. The quantitative estimate of drug-likeness (QED) is 0.755. The Labute approximate surface area is 151 Å². The number of nitrogens with zero attached hydrogens (tertiary/aromatic N) is 4. The van der Waals surface area contributed by atoms with E-state index in [1.807, 2.05) is 23.1 Å². The maximum Gasteiger partial charge on any atom is 0.272 e. The molecule has 0 aliphatic carbocycles. The van der Waals surface area contributed by atoms with Crippen LogP contribution in [-0.4, -0.2) is 50.1 Å². The lowest BCUT2D eigenvalue weighted by atomic mass is 10.0. The molecule has 1 fully saturated rings. The Morgan fingerprint density at radius 3 is 2.96 bits per heavy atom. The second-order valence-electron chi connectivity index (χ2n) is 6.96. The molecule has 0 spiro atoms. The van der Waals surface area contributed by atoms with Crippen molar-refractivity contribution >= 4 is 22.8 Å². The van der Waals surface area contributed by atoms with Gasteiger partial charge >= 0.3 is 0 Å². The minimum Gasteiger partial charge on any atom is -0.366 e. The first-order valence-electron chi connectivity index (χ1n) is 8.93. The van der Waals surface area contributed by atoms with Crippen LogP contribution in [0.4, 0.5) is 5.82 Å². The summed E-state index contributed by atoms with van der Waals surface area (Å²) in [6, 6.07) is 9.81. The summed E-state index contributed by atoms with van der Waals surface area (Å²) in [5, 5.41) is 11.6. The topological polar surface area (TPSA) is 86.8 Å². The number of aromatic nitrogens is 4. The van der Waals surface area contributed by atoms with Crippen molar-refractivity contribution in [2.45, 2.75) is 32.2 Å². The van der Waals surface area contributed by atoms with Crippen LogP contribution in [0, 0.1) is 0 Å². The number of hydrogen-bond acceptors (Lipinski definition) is 5. The maximum atomic E-state index is 12.6. The van der Waals surface area contributed by atoms with E-state index in [1.165, 1.54) is 0 Å². The Balaban J connectivity index is 1.51. The fourth-order valence-electron chi connectivity index (χ4n) is 3.37. The Bertz CT molecular complexity index is 920. The first kappa shape index (κ1) is 16.5. The lowest BCUT2D eigenvalue weighted by Gasteiger charge is -2.16. The van der Waals surface area contributed by atoms with Crippen molar-refractivity contribution in [3.63, 3.8) is 0 Å². The van der Waals surface area contributed by atoms with Crippen LogP contribution in [0.2, 0.25) is 0 Å². The number of rotatable bonds is 4. The summed E-state index contributed by atoms with van der Waals surface area (Å²) in [5.74, 6) is 1.04. The van der Waals surface area contributed by atoms with Crippen LogP contribution < -0.4 is 5.32 Å². The molecule has 3 aromatic heterocycles. The van der Waals surface area contributed by atoms with E-state index >= 15 is 0 Å². The van der Waals surface area contributed by atoms with Crippen LogP contribution in [0.3, 0.4) is 0 Å². The van der Waals surface area contributed by atoms with E-state index in [4.69, 9.17) is 4.98 Å². The van der Waals surface area contributed by atoms with E-state index < -0.39 is 0 Å². The molecule has 0 radical (unpaired) electrons. The molecule has 1 aliphatic heterocycles. The standard InChI is InChI=1S/C19H22N6O/c1-12(2)21-17-14-6-7-15(22-18(14)24-23-17)13-8-10-25(11-13)19(26)16-5-3-4-9-20-16/h3-7,9,12-13H,8,10-11H2,1-2H3,(H2,21,22,23,24)/t13-/m1/s1. The summed E-state index contributed by atoms with van der Waals surface area (Å²) < 4.78 is 0. The first-order chi connectivity index (χ1) is 12.6. The number of hydrogen-bond donors (Lipinski definition) is 2. The zero-order valence-corrected chi connectivity index (χ0v) is 14.9. The van der Waals surface area contributed by atoms with Crippen LogP contribution in [0.25, 0.3) is 11.0 Å². The molecule has 0 unspecified atom stereocenters. The van der Waals surface area contributed by atoms with E-state index in [0.717, 1.165) is 35.5 Å². The van der Waals surface area contributed by atoms with Gasteiger partial charge in [0.15, 0.2) is 11.5 Å². The number of aromatic amines is 1.